The van der Waals surface area contributed by atoms with Gasteiger partial charge in [-0.15, -0.1) is 11.3 Å². The van der Waals surface area contributed by atoms with Crippen LogP contribution in [0.5, 0.6) is 11.5 Å². The third-order valence-electron chi connectivity index (χ3n) is 2.53. The van der Waals surface area contributed by atoms with Gasteiger partial charge in [-0.05, 0) is 13.1 Å². The molecule has 6 heteroatoms. The molecular weight excluding hydrogens is 284 g/mol. The van der Waals surface area contributed by atoms with Crippen LogP contribution < -0.4 is 14.8 Å². The zero-order valence-corrected chi connectivity index (χ0v) is 12.3. The number of aromatic nitrogens is 1. The van der Waals surface area contributed by atoms with Crippen molar-refractivity contribution in [3.05, 3.63) is 39.3 Å². The minimum atomic E-state index is 0.472. The molecule has 0 radical (unpaired) electrons. The van der Waals surface area contributed by atoms with Gasteiger partial charge in [-0.3, -0.25) is 4.98 Å². The van der Waals surface area contributed by atoms with Crippen LogP contribution in [0.3, 0.4) is 0 Å². The van der Waals surface area contributed by atoms with Crippen molar-refractivity contribution in [3.63, 3.8) is 0 Å². The van der Waals surface area contributed by atoms with Crippen molar-refractivity contribution >= 4 is 22.9 Å². The Hall–Kier alpha value is -1.30. The van der Waals surface area contributed by atoms with Gasteiger partial charge in [-0.2, -0.15) is 0 Å². The predicted octanol–water partition coefficient (Wildman–Crippen LogP) is 3.10. The maximum atomic E-state index is 6.06. The van der Waals surface area contributed by atoms with Gasteiger partial charge in [-0.25, -0.2) is 0 Å². The molecular formula is C13H15ClN2O2S. The van der Waals surface area contributed by atoms with Crippen LogP contribution >= 0.6 is 22.9 Å². The van der Waals surface area contributed by atoms with Gasteiger partial charge >= 0.3 is 0 Å². The van der Waals surface area contributed by atoms with Gasteiger partial charge in [-0.1, -0.05) is 11.6 Å². The average molecular weight is 299 g/mol. The van der Waals surface area contributed by atoms with Crippen LogP contribution in [0.2, 0.25) is 5.02 Å². The van der Waals surface area contributed by atoms with Crippen LogP contribution in [0, 0.1) is 0 Å². The van der Waals surface area contributed by atoms with Gasteiger partial charge in [0.15, 0.2) is 11.5 Å². The molecule has 1 aromatic carbocycles. The molecule has 1 N–H and O–H groups in total. The summed E-state index contributed by atoms with van der Waals surface area (Å²) in [6.45, 7) is 1.13. The lowest BCUT2D eigenvalue weighted by Gasteiger charge is -2.15. The second-order valence-electron chi connectivity index (χ2n) is 3.88. The maximum absolute atomic E-state index is 6.06. The summed E-state index contributed by atoms with van der Waals surface area (Å²) in [5, 5.41) is 3.72. The number of methoxy groups -OCH3 is 1. The van der Waals surface area contributed by atoms with E-state index in [-0.39, 0.29) is 0 Å². The predicted molar refractivity (Wildman–Crippen MR) is 77.2 cm³/mol. The first-order valence-electron chi connectivity index (χ1n) is 5.75. The Morgan fingerprint density at radius 3 is 2.89 bits per heavy atom. The fraction of sp³-hybridized carbons (Fsp3) is 0.308. The van der Waals surface area contributed by atoms with E-state index in [1.165, 1.54) is 0 Å². The molecule has 0 aliphatic heterocycles. The first-order valence-corrected chi connectivity index (χ1v) is 7.01. The molecule has 0 spiro atoms. The molecule has 0 unspecified atom stereocenters. The second kappa shape index (κ2) is 6.75. The van der Waals surface area contributed by atoms with Crippen LogP contribution in [0.1, 0.15) is 10.4 Å². The Kier molecular flexibility index (Phi) is 5.01. The molecule has 0 aliphatic carbocycles. The van der Waals surface area contributed by atoms with E-state index in [1.54, 1.807) is 36.2 Å². The van der Waals surface area contributed by atoms with Crippen molar-refractivity contribution in [3.8, 4) is 11.5 Å². The Balaban J connectivity index is 2.24. The average Bonchev–Trinajstić information content (AvgIpc) is 2.90. The summed E-state index contributed by atoms with van der Waals surface area (Å²) in [5.41, 5.74) is 2.75. The Labute approximate surface area is 121 Å². The number of halogens is 1. The van der Waals surface area contributed by atoms with Crippen molar-refractivity contribution < 1.29 is 9.47 Å². The lowest BCUT2D eigenvalue weighted by molar-refractivity contribution is 0.283. The molecule has 19 heavy (non-hydrogen) atoms. The summed E-state index contributed by atoms with van der Waals surface area (Å²) in [5.74, 6) is 1.36. The Bertz CT molecular complexity index is 532. The SMILES string of the molecule is CNCc1cc(Cl)cc(OC)c1OCc1cncs1. The third kappa shape index (κ3) is 3.59. The third-order valence-corrected chi connectivity index (χ3v) is 3.50. The van der Waals surface area contributed by atoms with E-state index in [9.17, 15) is 0 Å². The summed E-state index contributed by atoms with van der Waals surface area (Å²) >= 11 is 7.62. The molecule has 1 aromatic heterocycles. The molecule has 0 saturated carbocycles. The van der Waals surface area contributed by atoms with Crippen LogP contribution in [0.4, 0.5) is 0 Å². The largest absolute Gasteiger partial charge is 0.493 e. The van der Waals surface area contributed by atoms with E-state index in [4.69, 9.17) is 21.1 Å². The molecule has 102 valence electrons. The topological polar surface area (TPSA) is 43.4 Å². The van der Waals surface area contributed by atoms with Gasteiger partial charge in [0.1, 0.15) is 6.61 Å². The van der Waals surface area contributed by atoms with E-state index < -0.39 is 0 Å². The Morgan fingerprint density at radius 2 is 2.26 bits per heavy atom. The second-order valence-corrected chi connectivity index (χ2v) is 5.29. The van der Waals surface area contributed by atoms with Gasteiger partial charge in [0.25, 0.3) is 0 Å². The van der Waals surface area contributed by atoms with E-state index in [1.807, 2.05) is 13.1 Å². The number of hydrogen-bond donors (Lipinski definition) is 1. The Morgan fingerprint density at radius 1 is 1.42 bits per heavy atom. The molecule has 0 saturated heterocycles. The smallest absolute Gasteiger partial charge is 0.166 e. The normalized spacial score (nSPS) is 10.5. The number of ether oxygens (including phenoxy) is 2. The summed E-state index contributed by atoms with van der Waals surface area (Å²) in [6, 6.07) is 3.63. The van der Waals surface area contributed by atoms with E-state index in [0.29, 0.717) is 23.9 Å². The number of hydrogen-bond acceptors (Lipinski definition) is 5. The minimum absolute atomic E-state index is 0.472. The van der Waals surface area contributed by atoms with Crippen molar-refractivity contribution in [1.82, 2.24) is 10.3 Å². The molecule has 2 rings (SSSR count). The lowest BCUT2D eigenvalue weighted by atomic mass is 10.2. The van der Waals surface area contributed by atoms with E-state index >= 15 is 0 Å². The van der Waals surface area contributed by atoms with Crippen molar-refractivity contribution in [1.29, 1.82) is 0 Å². The van der Waals surface area contributed by atoms with Crippen LogP contribution in [-0.2, 0) is 13.2 Å². The summed E-state index contributed by atoms with van der Waals surface area (Å²) in [7, 11) is 3.48. The van der Waals surface area contributed by atoms with Gasteiger partial charge < -0.3 is 14.8 Å². The first-order chi connectivity index (χ1) is 9.24. The van der Waals surface area contributed by atoms with Crippen LogP contribution in [0.15, 0.2) is 23.8 Å². The van der Waals surface area contributed by atoms with Gasteiger partial charge in [0.2, 0.25) is 0 Å². The number of rotatable bonds is 6. The monoisotopic (exact) mass is 298 g/mol. The molecule has 0 bridgehead atoms. The maximum Gasteiger partial charge on any atom is 0.166 e. The highest BCUT2D eigenvalue weighted by atomic mass is 35.5. The van der Waals surface area contributed by atoms with E-state index in [0.717, 1.165) is 16.2 Å². The van der Waals surface area contributed by atoms with Gasteiger partial charge in [0.05, 0.1) is 17.5 Å². The zero-order valence-electron chi connectivity index (χ0n) is 10.8. The van der Waals surface area contributed by atoms with Crippen molar-refractivity contribution in [2.45, 2.75) is 13.2 Å². The van der Waals surface area contributed by atoms with E-state index in [2.05, 4.69) is 10.3 Å². The summed E-state index contributed by atoms with van der Waals surface area (Å²) < 4.78 is 11.2. The highest BCUT2D eigenvalue weighted by Crippen LogP contribution is 2.35. The number of benzene rings is 1. The quantitative estimate of drug-likeness (QED) is 0.890. The number of nitrogens with zero attached hydrogens (tertiary/aromatic N) is 1. The highest BCUT2D eigenvalue weighted by Gasteiger charge is 2.13. The molecule has 0 aliphatic rings. The molecule has 0 amide bonds. The van der Waals surface area contributed by atoms with Gasteiger partial charge in [0, 0.05) is 29.4 Å². The number of nitrogens with one attached hydrogen (secondary N) is 1. The van der Waals surface area contributed by atoms with Crippen molar-refractivity contribution in [2.75, 3.05) is 14.2 Å². The van der Waals surface area contributed by atoms with Crippen LogP contribution in [0.25, 0.3) is 0 Å². The zero-order chi connectivity index (χ0) is 13.7. The molecule has 1 heterocycles. The molecule has 4 nitrogen and oxygen atoms in total. The highest BCUT2D eigenvalue weighted by molar-refractivity contribution is 7.09. The molecule has 2 aromatic rings. The molecule has 0 fully saturated rings. The first kappa shape index (κ1) is 14.1. The fourth-order valence-electron chi connectivity index (χ4n) is 1.72. The van der Waals surface area contributed by atoms with Crippen LogP contribution in [-0.4, -0.2) is 19.1 Å². The van der Waals surface area contributed by atoms with Crippen molar-refractivity contribution in [2.24, 2.45) is 0 Å². The summed E-state index contributed by atoms with van der Waals surface area (Å²) in [6.07, 6.45) is 1.80. The summed E-state index contributed by atoms with van der Waals surface area (Å²) in [4.78, 5) is 5.09. The lowest BCUT2D eigenvalue weighted by Crippen LogP contribution is -2.08. The standard InChI is InChI=1S/C13H15ClN2O2S/c1-15-5-9-3-10(14)4-12(17-2)13(9)18-7-11-6-16-8-19-11/h3-4,6,8,15H,5,7H2,1-2H3. The fourth-order valence-corrected chi connectivity index (χ4v) is 2.45. The molecule has 0 atom stereocenters. The number of thiazole rings is 1. The minimum Gasteiger partial charge on any atom is -0.493 e.